The second kappa shape index (κ2) is 12.9. The van der Waals surface area contributed by atoms with Gasteiger partial charge in [-0.2, -0.15) is 0 Å². The van der Waals surface area contributed by atoms with Crippen LogP contribution < -0.4 is 17.2 Å². The summed E-state index contributed by atoms with van der Waals surface area (Å²) in [5, 5.41) is 23.5. The summed E-state index contributed by atoms with van der Waals surface area (Å²) in [6.07, 6.45) is 0.0410. The molecule has 0 aliphatic rings. The molecule has 0 saturated heterocycles. The van der Waals surface area contributed by atoms with Gasteiger partial charge in [-0.05, 0) is 35.9 Å². The summed E-state index contributed by atoms with van der Waals surface area (Å²) in [5.41, 5.74) is 33.2. The normalized spacial score (nSPS) is 12.9. The van der Waals surface area contributed by atoms with Crippen molar-refractivity contribution in [2.24, 2.45) is 27.4 Å². The molecule has 0 saturated carbocycles. The predicted molar refractivity (Wildman–Crippen MR) is 96.5 cm³/mol. The third kappa shape index (κ3) is 11.0. The molecule has 0 bridgehead atoms. The first-order valence-electron chi connectivity index (χ1n) is 7.61. The summed E-state index contributed by atoms with van der Waals surface area (Å²) < 4.78 is 0. The first-order valence-corrected chi connectivity index (χ1v) is 7.61. The van der Waals surface area contributed by atoms with Crippen LogP contribution in [-0.4, -0.2) is 40.4 Å². The van der Waals surface area contributed by atoms with Gasteiger partial charge in [0.2, 0.25) is 0 Å². The Morgan fingerprint density at radius 3 is 1.96 bits per heavy atom. The quantitative estimate of drug-likeness (QED) is 0.239. The van der Waals surface area contributed by atoms with Crippen LogP contribution in [0.25, 0.3) is 20.9 Å². The zero-order valence-corrected chi connectivity index (χ0v) is 14.3. The molecular formula is C14H21N9O4. The Hall–Kier alpha value is -3.34. The number of azide groups is 2. The van der Waals surface area contributed by atoms with Gasteiger partial charge in [0, 0.05) is 15.5 Å². The fourth-order valence-electron chi connectivity index (χ4n) is 1.69. The standard InChI is InChI=1S/C9H10N4O2.C5H11N5O2/c10-8(9(14)15)5-6-1-3-7(4-2-6)12-13-11;6-3(5(11)12)1-2-4(7)9-10-8/h1-4,8H,5,10H2,(H,14,15);3-4H,1-2,6-7H2,(H,11,12). The Bertz CT molecular complexity index is 704. The van der Waals surface area contributed by atoms with Crippen molar-refractivity contribution in [3.63, 3.8) is 0 Å². The second-order valence-corrected chi connectivity index (χ2v) is 5.30. The molecule has 0 aliphatic heterocycles. The molecule has 0 amide bonds. The molecule has 0 heterocycles. The Balaban J connectivity index is 0.000000516. The van der Waals surface area contributed by atoms with E-state index in [9.17, 15) is 9.59 Å². The number of rotatable bonds is 9. The van der Waals surface area contributed by atoms with Crippen LogP contribution in [-0.2, 0) is 16.0 Å². The highest BCUT2D eigenvalue weighted by molar-refractivity contribution is 5.73. The summed E-state index contributed by atoms with van der Waals surface area (Å²) in [6.45, 7) is 0. The lowest BCUT2D eigenvalue weighted by atomic mass is 10.1. The van der Waals surface area contributed by atoms with Crippen molar-refractivity contribution >= 4 is 17.6 Å². The molecular weight excluding hydrogens is 358 g/mol. The van der Waals surface area contributed by atoms with E-state index in [0.717, 1.165) is 5.56 Å². The number of aliphatic carboxylic acids is 2. The van der Waals surface area contributed by atoms with Crippen molar-refractivity contribution in [1.82, 2.24) is 0 Å². The Kier molecular flexibility index (Phi) is 11.3. The van der Waals surface area contributed by atoms with E-state index in [1.165, 1.54) is 0 Å². The third-order valence-corrected chi connectivity index (χ3v) is 3.16. The lowest BCUT2D eigenvalue weighted by Gasteiger charge is -2.07. The van der Waals surface area contributed by atoms with Crippen LogP contribution in [0.2, 0.25) is 0 Å². The Morgan fingerprint density at radius 2 is 1.52 bits per heavy atom. The van der Waals surface area contributed by atoms with Gasteiger partial charge in [0.1, 0.15) is 12.1 Å². The molecule has 1 rings (SSSR count). The largest absolute Gasteiger partial charge is 0.480 e. The second-order valence-electron chi connectivity index (χ2n) is 5.30. The molecule has 1 aromatic carbocycles. The highest BCUT2D eigenvalue weighted by atomic mass is 16.4. The summed E-state index contributed by atoms with van der Waals surface area (Å²) in [6, 6.07) is 4.76. The molecule has 3 atom stereocenters. The van der Waals surface area contributed by atoms with Crippen LogP contribution in [0.5, 0.6) is 0 Å². The van der Waals surface area contributed by atoms with Crippen LogP contribution in [0.3, 0.4) is 0 Å². The fraction of sp³-hybridized carbons (Fsp3) is 0.429. The van der Waals surface area contributed by atoms with Crippen LogP contribution in [0.1, 0.15) is 18.4 Å². The summed E-state index contributed by atoms with van der Waals surface area (Å²) >= 11 is 0. The minimum Gasteiger partial charge on any atom is -0.480 e. The van der Waals surface area contributed by atoms with Gasteiger partial charge < -0.3 is 27.4 Å². The SMILES string of the molecule is [N-]=[N+]=NC(N)CCC(N)C(=O)O.[N-]=[N+]=Nc1ccc(CC(N)C(=O)O)cc1. The zero-order valence-electron chi connectivity index (χ0n) is 14.3. The summed E-state index contributed by atoms with van der Waals surface area (Å²) in [4.78, 5) is 25.8. The van der Waals surface area contributed by atoms with E-state index in [1.807, 2.05) is 0 Å². The zero-order chi connectivity index (χ0) is 20.8. The molecule has 27 heavy (non-hydrogen) atoms. The van der Waals surface area contributed by atoms with Crippen molar-refractivity contribution in [2.75, 3.05) is 0 Å². The first kappa shape index (κ1) is 23.7. The van der Waals surface area contributed by atoms with Gasteiger partial charge in [0.15, 0.2) is 0 Å². The van der Waals surface area contributed by atoms with E-state index in [-0.39, 0.29) is 19.3 Å². The fourth-order valence-corrected chi connectivity index (χ4v) is 1.69. The average Bonchev–Trinajstić information content (AvgIpc) is 2.62. The molecule has 0 aliphatic carbocycles. The van der Waals surface area contributed by atoms with E-state index in [0.29, 0.717) is 5.69 Å². The number of carboxylic acid groups (broad SMARTS) is 2. The lowest BCUT2D eigenvalue weighted by Crippen LogP contribution is -2.32. The smallest absolute Gasteiger partial charge is 0.320 e. The van der Waals surface area contributed by atoms with Crippen molar-refractivity contribution < 1.29 is 19.8 Å². The van der Waals surface area contributed by atoms with E-state index in [1.54, 1.807) is 24.3 Å². The number of carbonyl (C=O) groups is 2. The van der Waals surface area contributed by atoms with Crippen LogP contribution in [0.4, 0.5) is 5.69 Å². The van der Waals surface area contributed by atoms with Crippen molar-refractivity contribution in [3.8, 4) is 0 Å². The first-order chi connectivity index (χ1) is 12.7. The number of nitrogens with two attached hydrogens (primary N) is 3. The highest BCUT2D eigenvalue weighted by Gasteiger charge is 2.12. The van der Waals surface area contributed by atoms with Crippen molar-refractivity contribution in [3.05, 3.63) is 50.7 Å². The Labute approximate surface area is 154 Å². The molecule has 0 spiro atoms. The van der Waals surface area contributed by atoms with Crippen LogP contribution in [0.15, 0.2) is 34.5 Å². The van der Waals surface area contributed by atoms with E-state index in [4.69, 9.17) is 38.5 Å². The maximum Gasteiger partial charge on any atom is 0.320 e. The molecule has 0 aromatic heterocycles. The molecule has 13 heteroatoms. The van der Waals surface area contributed by atoms with E-state index in [2.05, 4.69) is 20.1 Å². The van der Waals surface area contributed by atoms with Crippen molar-refractivity contribution in [2.45, 2.75) is 37.5 Å². The minimum absolute atomic E-state index is 0.204. The molecule has 8 N–H and O–H groups in total. The van der Waals surface area contributed by atoms with Gasteiger partial charge >= 0.3 is 11.9 Å². The van der Waals surface area contributed by atoms with Gasteiger partial charge in [-0.25, -0.2) is 0 Å². The monoisotopic (exact) mass is 379 g/mol. The van der Waals surface area contributed by atoms with Gasteiger partial charge in [-0.15, -0.1) is 0 Å². The minimum atomic E-state index is -1.08. The van der Waals surface area contributed by atoms with Crippen LogP contribution in [0, 0.1) is 0 Å². The van der Waals surface area contributed by atoms with Gasteiger partial charge in [0.25, 0.3) is 0 Å². The number of benzene rings is 1. The molecule has 1 aromatic rings. The number of hydrogen-bond acceptors (Lipinski definition) is 7. The van der Waals surface area contributed by atoms with Gasteiger partial charge in [-0.1, -0.05) is 34.5 Å². The third-order valence-electron chi connectivity index (χ3n) is 3.16. The molecule has 13 nitrogen and oxygen atoms in total. The van der Waals surface area contributed by atoms with Crippen molar-refractivity contribution in [1.29, 1.82) is 0 Å². The maximum absolute atomic E-state index is 10.5. The molecule has 0 radical (unpaired) electrons. The van der Waals surface area contributed by atoms with Crippen LogP contribution >= 0.6 is 0 Å². The number of nitrogens with zero attached hydrogens (tertiary/aromatic N) is 6. The number of hydrogen-bond donors (Lipinski definition) is 5. The summed E-state index contributed by atoms with van der Waals surface area (Å²) in [7, 11) is 0. The predicted octanol–water partition coefficient (Wildman–Crippen LogP) is 1.36. The molecule has 3 unspecified atom stereocenters. The topological polar surface area (TPSA) is 250 Å². The average molecular weight is 379 g/mol. The lowest BCUT2D eigenvalue weighted by molar-refractivity contribution is -0.139. The highest BCUT2D eigenvalue weighted by Crippen LogP contribution is 2.13. The van der Waals surface area contributed by atoms with E-state index >= 15 is 0 Å². The maximum atomic E-state index is 10.5. The Morgan fingerprint density at radius 1 is 0.963 bits per heavy atom. The van der Waals surface area contributed by atoms with E-state index < -0.39 is 30.2 Å². The number of carboxylic acids is 2. The van der Waals surface area contributed by atoms with Gasteiger partial charge in [0.05, 0.1) is 6.17 Å². The summed E-state index contributed by atoms with van der Waals surface area (Å²) in [5.74, 6) is -2.11. The molecule has 146 valence electrons. The molecule has 0 fully saturated rings. The van der Waals surface area contributed by atoms with Gasteiger partial charge in [-0.3, -0.25) is 9.59 Å².